The third-order valence-corrected chi connectivity index (χ3v) is 5.85. The maximum Gasteiger partial charge on any atom is 0.261 e. The van der Waals surface area contributed by atoms with Crippen molar-refractivity contribution in [1.29, 1.82) is 0 Å². The van der Waals surface area contributed by atoms with Crippen molar-refractivity contribution in [1.82, 2.24) is 0 Å². The number of nitrogens with one attached hydrogen (secondary N) is 3. The standard InChI is InChI=1S/C22H23N3O2S2/c1-16(2)17-11-13-18(14-12-17)23-22(28)24-20-9-6-10-21(15-20)29(26,27)25-19-7-4-3-5-8-19/h3-16,25H,1-2H3,(H2,23,24,28). The van der Waals surface area contributed by atoms with Crippen LogP contribution in [0, 0.1) is 0 Å². The molecule has 0 bridgehead atoms. The van der Waals surface area contributed by atoms with E-state index in [1.807, 2.05) is 18.2 Å². The predicted octanol–water partition coefficient (Wildman–Crippen LogP) is 5.42. The van der Waals surface area contributed by atoms with E-state index in [1.54, 1.807) is 42.5 Å². The quantitative estimate of drug-likeness (QED) is 0.460. The summed E-state index contributed by atoms with van der Waals surface area (Å²) in [6, 6.07) is 23.3. The van der Waals surface area contributed by atoms with Crippen molar-refractivity contribution in [2.75, 3.05) is 15.4 Å². The summed E-state index contributed by atoms with van der Waals surface area (Å²) in [5.74, 6) is 0.461. The van der Waals surface area contributed by atoms with Gasteiger partial charge in [-0.1, -0.05) is 50.2 Å². The maximum atomic E-state index is 12.6. The SMILES string of the molecule is CC(C)c1ccc(NC(=S)Nc2cccc(S(=O)(=O)Nc3ccccc3)c2)cc1. The Balaban J connectivity index is 1.68. The summed E-state index contributed by atoms with van der Waals surface area (Å²) < 4.78 is 27.8. The number of para-hydroxylation sites is 1. The van der Waals surface area contributed by atoms with Crippen molar-refractivity contribution in [3.8, 4) is 0 Å². The lowest BCUT2D eigenvalue weighted by molar-refractivity contribution is 0.601. The maximum absolute atomic E-state index is 12.6. The Labute approximate surface area is 177 Å². The number of anilines is 3. The molecule has 0 saturated carbocycles. The van der Waals surface area contributed by atoms with Crippen molar-refractivity contribution in [3.05, 3.63) is 84.4 Å². The van der Waals surface area contributed by atoms with Gasteiger partial charge in [-0.05, 0) is 66.2 Å². The summed E-state index contributed by atoms with van der Waals surface area (Å²) in [4.78, 5) is 0.149. The molecule has 3 N–H and O–H groups in total. The van der Waals surface area contributed by atoms with Crippen molar-refractivity contribution < 1.29 is 8.42 Å². The van der Waals surface area contributed by atoms with Gasteiger partial charge in [-0.15, -0.1) is 0 Å². The molecule has 0 aliphatic carbocycles. The minimum atomic E-state index is -3.70. The third kappa shape index (κ3) is 5.79. The fraction of sp³-hybridized carbons (Fsp3) is 0.136. The molecule has 3 rings (SSSR count). The number of benzene rings is 3. The first-order chi connectivity index (χ1) is 13.8. The summed E-state index contributed by atoms with van der Waals surface area (Å²) in [7, 11) is -3.70. The number of rotatable bonds is 6. The second-order valence-corrected chi connectivity index (χ2v) is 8.95. The molecule has 7 heteroatoms. The molecule has 0 atom stereocenters. The van der Waals surface area contributed by atoms with E-state index >= 15 is 0 Å². The summed E-state index contributed by atoms with van der Waals surface area (Å²) in [5, 5.41) is 6.52. The van der Waals surface area contributed by atoms with Gasteiger partial charge in [0.15, 0.2) is 5.11 Å². The molecule has 5 nitrogen and oxygen atoms in total. The molecule has 0 aliphatic heterocycles. The van der Waals surface area contributed by atoms with Crippen molar-refractivity contribution >= 4 is 44.4 Å². The van der Waals surface area contributed by atoms with Crippen LogP contribution in [-0.4, -0.2) is 13.5 Å². The summed E-state index contributed by atoms with van der Waals surface area (Å²) in [6.45, 7) is 4.28. The number of thiocarbonyl (C=S) groups is 1. The van der Waals surface area contributed by atoms with E-state index in [4.69, 9.17) is 12.2 Å². The van der Waals surface area contributed by atoms with E-state index in [9.17, 15) is 8.42 Å². The number of hydrogen-bond acceptors (Lipinski definition) is 3. The minimum Gasteiger partial charge on any atom is -0.332 e. The Bertz CT molecular complexity index is 1080. The Kier molecular flexibility index (Phi) is 6.51. The summed E-state index contributed by atoms with van der Waals surface area (Å²) in [6.07, 6.45) is 0. The highest BCUT2D eigenvalue weighted by Crippen LogP contribution is 2.20. The van der Waals surface area contributed by atoms with E-state index in [0.717, 1.165) is 5.69 Å². The zero-order valence-corrected chi connectivity index (χ0v) is 17.8. The van der Waals surface area contributed by atoms with Gasteiger partial charge in [0.25, 0.3) is 10.0 Å². The average molecular weight is 426 g/mol. The topological polar surface area (TPSA) is 70.2 Å². The van der Waals surface area contributed by atoms with Crippen LogP contribution >= 0.6 is 12.2 Å². The van der Waals surface area contributed by atoms with E-state index in [0.29, 0.717) is 22.4 Å². The second-order valence-electron chi connectivity index (χ2n) is 6.86. The highest BCUT2D eigenvalue weighted by Gasteiger charge is 2.14. The normalized spacial score (nSPS) is 11.1. The molecule has 0 spiro atoms. The van der Waals surface area contributed by atoms with E-state index in [2.05, 4.69) is 41.3 Å². The Morgan fingerprint density at radius 1 is 0.793 bits per heavy atom. The number of hydrogen-bond donors (Lipinski definition) is 3. The highest BCUT2D eigenvalue weighted by molar-refractivity contribution is 7.92. The fourth-order valence-electron chi connectivity index (χ4n) is 2.71. The average Bonchev–Trinajstić information content (AvgIpc) is 2.69. The molecule has 3 aromatic rings. The summed E-state index contributed by atoms with van der Waals surface area (Å²) >= 11 is 5.36. The Hall–Kier alpha value is -2.90. The van der Waals surface area contributed by atoms with Crippen LogP contribution in [0.4, 0.5) is 17.1 Å². The lowest BCUT2D eigenvalue weighted by Gasteiger charge is -2.13. The van der Waals surface area contributed by atoms with Crippen LogP contribution in [0.3, 0.4) is 0 Å². The van der Waals surface area contributed by atoms with Gasteiger partial charge < -0.3 is 10.6 Å². The van der Waals surface area contributed by atoms with Gasteiger partial charge in [0.05, 0.1) is 4.90 Å². The lowest BCUT2D eigenvalue weighted by atomic mass is 10.0. The first-order valence-electron chi connectivity index (χ1n) is 9.19. The molecule has 0 amide bonds. The predicted molar refractivity (Wildman–Crippen MR) is 124 cm³/mol. The van der Waals surface area contributed by atoms with Crippen molar-refractivity contribution in [2.24, 2.45) is 0 Å². The molecule has 29 heavy (non-hydrogen) atoms. The van der Waals surface area contributed by atoms with Crippen LogP contribution in [0.5, 0.6) is 0 Å². The molecular formula is C22H23N3O2S2. The minimum absolute atomic E-state index is 0.149. The fourth-order valence-corrected chi connectivity index (χ4v) is 4.05. The third-order valence-electron chi connectivity index (χ3n) is 4.26. The monoisotopic (exact) mass is 425 g/mol. The lowest BCUT2D eigenvalue weighted by Crippen LogP contribution is -2.19. The van der Waals surface area contributed by atoms with Crippen molar-refractivity contribution in [3.63, 3.8) is 0 Å². The molecule has 0 heterocycles. The molecule has 0 saturated heterocycles. The van der Waals surface area contributed by atoms with Crippen LogP contribution in [0.2, 0.25) is 0 Å². The van der Waals surface area contributed by atoms with E-state index in [1.165, 1.54) is 11.6 Å². The van der Waals surface area contributed by atoms with Gasteiger partial charge in [0, 0.05) is 17.1 Å². The molecule has 3 aromatic carbocycles. The molecule has 0 fully saturated rings. The zero-order chi connectivity index (χ0) is 20.9. The van der Waals surface area contributed by atoms with Gasteiger partial charge in [-0.3, -0.25) is 4.72 Å². The van der Waals surface area contributed by atoms with Gasteiger partial charge in [-0.2, -0.15) is 0 Å². The van der Waals surface area contributed by atoms with Gasteiger partial charge >= 0.3 is 0 Å². The molecule has 150 valence electrons. The molecule has 0 aromatic heterocycles. The van der Waals surface area contributed by atoms with Crippen LogP contribution in [-0.2, 0) is 10.0 Å². The first-order valence-corrected chi connectivity index (χ1v) is 11.1. The van der Waals surface area contributed by atoms with Gasteiger partial charge in [0.1, 0.15) is 0 Å². The van der Waals surface area contributed by atoms with Crippen LogP contribution in [0.1, 0.15) is 25.3 Å². The molecule has 0 radical (unpaired) electrons. The Morgan fingerprint density at radius 3 is 2.07 bits per heavy atom. The zero-order valence-electron chi connectivity index (χ0n) is 16.2. The van der Waals surface area contributed by atoms with Crippen LogP contribution in [0.25, 0.3) is 0 Å². The molecular weight excluding hydrogens is 402 g/mol. The van der Waals surface area contributed by atoms with Crippen LogP contribution < -0.4 is 15.4 Å². The number of sulfonamides is 1. The first kappa shape index (κ1) is 20.8. The molecule has 0 unspecified atom stereocenters. The van der Waals surface area contributed by atoms with E-state index < -0.39 is 10.0 Å². The second kappa shape index (κ2) is 9.07. The smallest absolute Gasteiger partial charge is 0.261 e. The van der Waals surface area contributed by atoms with Gasteiger partial charge in [-0.25, -0.2) is 8.42 Å². The van der Waals surface area contributed by atoms with Gasteiger partial charge in [0.2, 0.25) is 0 Å². The van der Waals surface area contributed by atoms with E-state index in [-0.39, 0.29) is 4.90 Å². The Morgan fingerprint density at radius 2 is 1.41 bits per heavy atom. The highest BCUT2D eigenvalue weighted by atomic mass is 32.2. The summed E-state index contributed by atoms with van der Waals surface area (Å²) in [5.41, 5.74) is 3.20. The molecule has 0 aliphatic rings. The largest absolute Gasteiger partial charge is 0.332 e. The van der Waals surface area contributed by atoms with Crippen molar-refractivity contribution in [2.45, 2.75) is 24.7 Å². The van der Waals surface area contributed by atoms with Crippen LogP contribution in [0.15, 0.2) is 83.8 Å².